The van der Waals surface area contributed by atoms with Gasteiger partial charge < -0.3 is 19.3 Å². The van der Waals surface area contributed by atoms with Crippen molar-refractivity contribution < 1.29 is 9.47 Å². The Kier molecular flexibility index (Phi) is 7.08. The summed E-state index contributed by atoms with van der Waals surface area (Å²) >= 11 is 0. The lowest BCUT2D eigenvalue weighted by Gasteiger charge is -2.39. The molecule has 0 fully saturated rings. The third-order valence-corrected chi connectivity index (χ3v) is 5.24. The molecule has 156 valence electrons. The van der Waals surface area contributed by atoms with E-state index in [2.05, 4.69) is 89.5 Å². The Hall–Kier alpha value is -2.10. The van der Waals surface area contributed by atoms with Crippen LogP contribution >= 0.6 is 0 Å². The average Bonchev–Trinajstić information content (AvgIpc) is 2.60. The van der Waals surface area contributed by atoms with E-state index in [0.717, 1.165) is 22.9 Å². The van der Waals surface area contributed by atoms with Gasteiger partial charge in [0.05, 0.1) is 25.6 Å². The summed E-state index contributed by atoms with van der Waals surface area (Å²) in [6.45, 7) is 17.9. The molecule has 0 radical (unpaired) electrons. The second-order valence-electron chi connectivity index (χ2n) is 8.52. The van der Waals surface area contributed by atoms with E-state index in [-0.39, 0.29) is 0 Å². The summed E-state index contributed by atoms with van der Waals surface area (Å²) in [7, 11) is 3.51. The van der Waals surface area contributed by atoms with Gasteiger partial charge in [-0.2, -0.15) is 0 Å². The molecule has 0 heterocycles. The Morgan fingerprint density at radius 2 is 0.893 bits per heavy atom. The Labute approximate surface area is 171 Å². The van der Waals surface area contributed by atoms with Crippen LogP contribution in [0.5, 0.6) is 11.5 Å². The first-order valence-electron chi connectivity index (χ1n) is 10.4. The summed E-state index contributed by atoms with van der Waals surface area (Å²) in [5.41, 5.74) is 2.29. The van der Waals surface area contributed by atoms with Crippen LogP contribution in [0.4, 0.5) is 11.4 Å². The number of hydrogen-bond donors (Lipinski definition) is 0. The summed E-state index contributed by atoms with van der Waals surface area (Å²) in [5, 5.41) is 2.40. The summed E-state index contributed by atoms with van der Waals surface area (Å²) in [5.74, 6) is 1.80. The van der Waals surface area contributed by atoms with Gasteiger partial charge >= 0.3 is 0 Å². The molecule has 4 heteroatoms. The highest BCUT2D eigenvalue weighted by atomic mass is 16.5. The molecule has 0 aromatic heterocycles. The van der Waals surface area contributed by atoms with E-state index in [1.54, 1.807) is 14.2 Å². The number of anilines is 2. The van der Waals surface area contributed by atoms with Gasteiger partial charge in [0, 0.05) is 29.6 Å². The van der Waals surface area contributed by atoms with E-state index in [4.69, 9.17) is 9.47 Å². The second-order valence-corrected chi connectivity index (χ2v) is 8.52. The van der Waals surface area contributed by atoms with Crippen molar-refractivity contribution in [1.29, 1.82) is 0 Å². The van der Waals surface area contributed by atoms with Crippen LogP contribution in [-0.2, 0) is 0 Å². The Morgan fingerprint density at radius 1 is 0.571 bits per heavy atom. The van der Waals surface area contributed by atoms with Crippen molar-refractivity contribution in [2.75, 3.05) is 24.0 Å². The lowest BCUT2D eigenvalue weighted by atomic mass is 9.99. The maximum absolute atomic E-state index is 5.86. The van der Waals surface area contributed by atoms with Crippen molar-refractivity contribution in [1.82, 2.24) is 0 Å². The molecule has 0 aliphatic carbocycles. The smallest absolute Gasteiger partial charge is 0.142 e. The number of hydrogen-bond acceptors (Lipinski definition) is 4. The zero-order valence-electron chi connectivity index (χ0n) is 19.3. The molecule has 0 saturated carbocycles. The molecule has 0 bridgehead atoms. The highest BCUT2D eigenvalue weighted by Gasteiger charge is 2.28. The van der Waals surface area contributed by atoms with Gasteiger partial charge in [0.1, 0.15) is 11.5 Å². The predicted octanol–water partition coefficient (Wildman–Crippen LogP) is 6.10. The maximum Gasteiger partial charge on any atom is 0.142 e. The molecule has 0 spiro atoms. The van der Waals surface area contributed by atoms with Crippen LogP contribution < -0.4 is 19.3 Å². The number of methoxy groups -OCH3 is 2. The van der Waals surface area contributed by atoms with Gasteiger partial charge in [-0.25, -0.2) is 0 Å². The van der Waals surface area contributed by atoms with Crippen LogP contribution in [0.1, 0.15) is 55.4 Å². The zero-order chi connectivity index (χ0) is 21.2. The number of benzene rings is 2. The maximum atomic E-state index is 5.86. The molecule has 2 rings (SSSR count). The van der Waals surface area contributed by atoms with Crippen LogP contribution in [0.2, 0.25) is 0 Å². The van der Waals surface area contributed by atoms with Gasteiger partial charge in [-0.3, -0.25) is 0 Å². The van der Waals surface area contributed by atoms with Crippen molar-refractivity contribution >= 4 is 22.1 Å². The molecule has 4 nitrogen and oxygen atoms in total. The summed E-state index contributed by atoms with van der Waals surface area (Å²) in [4.78, 5) is 4.89. The topological polar surface area (TPSA) is 24.9 Å². The quantitative estimate of drug-likeness (QED) is 0.547. The van der Waals surface area contributed by atoms with Crippen LogP contribution in [0.3, 0.4) is 0 Å². The van der Waals surface area contributed by atoms with Crippen molar-refractivity contribution in [3.05, 3.63) is 24.3 Å². The van der Waals surface area contributed by atoms with Gasteiger partial charge in [-0.1, -0.05) is 12.1 Å². The Balaban J connectivity index is 3.06. The lowest BCUT2D eigenvalue weighted by molar-refractivity contribution is 0.410. The molecule has 0 aliphatic heterocycles. The van der Waals surface area contributed by atoms with Crippen molar-refractivity contribution in [2.45, 2.75) is 79.6 Å². The minimum atomic E-state index is 0.338. The van der Waals surface area contributed by atoms with Gasteiger partial charge in [0.25, 0.3) is 0 Å². The molecule has 0 N–H and O–H groups in total. The number of rotatable bonds is 8. The molecular formula is C24H38N2O2. The minimum Gasteiger partial charge on any atom is -0.495 e. The molecule has 2 aromatic rings. The first kappa shape index (κ1) is 22.2. The molecule has 0 amide bonds. The van der Waals surface area contributed by atoms with Crippen LogP contribution in [-0.4, -0.2) is 38.4 Å². The SMILES string of the molecule is COc1ccc2ccc(OC)c(N(C(C)C)C(C)C)c2c1N(C(C)C)C(C)C. The van der Waals surface area contributed by atoms with Crippen molar-refractivity contribution in [2.24, 2.45) is 0 Å². The molecule has 28 heavy (non-hydrogen) atoms. The molecule has 0 saturated heterocycles. The van der Waals surface area contributed by atoms with Gasteiger partial charge in [0.15, 0.2) is 0 Å². The molecule has 0 aliphatic rings. The minimum absolute atomic E-state index is 0.338. The van der Waals surface area contributed by atoms with E-state index >= 15 is 0 Å². The van der Waals surface area contributed by atoms with E-state index in [0.29, 0.717) is 24.2 Å². The fraction of sp³-hybridized carbons (Fsp3) is 0.583. The predicted molar refractivity (Wildman–Crippen MR) is 123 cm³/mol. The van der Waals surface area contributed by atoms with Gasteiger partial charge in [-0.15, -0.1) is 0 Å². The number of ether oxygens (including phenoxy) is 2. The fourth-order valence-corrected chi connectivity index (χ4v) is 4.41. The van der Waals surface area contributed by atoms with Crippen molar-refractivity contribution in [3.8, 4) is 11.5 Å². The van der Waals surface area contributed by atoms with E-state index < -0.39 is 0 Å². The second kappa shape index (κ2) is 8.93. The zero-order valence-corrected chi connectivity index (χ0v) is 19.3. The third-order valence-electron chi connectivity index (χ3n) is 5.24. The summed E-state index contributed by atoms with van der Waals surface area (Å²) in [6.07, 6.45) is 0. The highest BCUT2D eigenvalue weighted by Crippen LogP contribution is 2.47. The van der Waals surface area contributed by atoms with Crippen molar-refractivity contribution in [3.63, 3.8) is 0 Å². The largest absolute Gasteiger partial charge is 0.495 e. The first-order valence-corrected chi connectivity index (χ1v) is 10.4. The first-order chi connectivity index (χ1) is 13.1. The standard InChI is InChI=1S/C24H38N2O2/c1-15(2)25(16(3)4)23-20(27-9)13-11-19-12-14-21(28-10)24(22(19)23)26(17(5)6)18(7)8/h11-18H,1-10H3. The molecule has 2 aromatic carbocycles. The van der Waals surface area contributed by atoms with E-state index in [9.17, 15) is 0 Å². The number of nitrogens with zero attached hydrogens (tertiary/aromatic N) is 2. The molecule has 0 unspecified atom stereocenters. The molecular weight excluding hydrogens is 348 g/mol. The fourth-order valence-electron chi connectivity index (χ4n) is 4.41. The third kappa shape index (κ3) is 4.01. The molecule has 0 atom stereocenters. The Bertz CT molecular complexity index is 718. The van der Waals surface area contributed by atoms with Gasteiger partial charge in [-0.05, 0) is 72.9 Å². The van der Waals surface area contributed by atoms with Gasteiger partial charge in [0.2, 0.25) is 0 Å². The van der Waals surface area contributed by atoms with Crippen LogP contribution in [0, 0.1) is 0 Å². The lowest BCUT2D eigenvalue weighted by Crippen LogP contribution is -2.39. The Morgan fingerprint density at radius 3 is 1.14 bits per heavy atom. The summed E-state index contributed by atoms with van der Waals surface area (Å²) < 4.78 is 11.7. The van der Waals surface area contributed by atoms with Crippen LogP contribution in [0.15, 0.2) is 24.3 Å². The van der Waals surface area contributed by atoms with Crippen LogP contribution in [0.25, 0.3) is 10.8 Å². The van der Waals surface area contributed by atoms with E-state index in [1.165, 1.54) is 10.8 Å². The average molecular weight is 387 g/mol. The monoisotopic (exact) mass is 386 g/mol. The normalized spacial score (nSPS) is 11.8. The number of fused-ring (bicyclic) bond motifs is 1. The van der Waals surface area contributed by atoms with E-state index in [1.807, 2.05) is 0 Å². The highest BCUT2D eigenvalue weighted by molar-refractivity contribution is 6.08. The summed E-state index contributed by atoms with van der Waals surface area (Å²) in [6, 6.07) is 9.82.